The second kappa shape index (κ2) is 8.52. The van der Waals surface area contributed by atoms with Crippen molar-refractivity contribution in [2.45, 2.75) is 13.0 Å². The Kier molecular flexibility index (Phi) is 5.40. The summed E-state index contributed by atoms with van der Waals surface area (Å²) < 4.78 is 6.42. The molecule has 0 bridgehead atoms. The first-order valence-corrected chi connectivity index (χ1v) is 11.3. The molecule has 3 aromatic carbocycles. The summed E-state index contributed by atoms with van der Waals surface area (Å²) in [7, 11) is 0. The molecule has 1 saturated heterocycles. The van der Waals surface area contributed by atoms with E-state index < -0.39 is 17.7 Å². The van der Waals surface area contributed by atoms with E-state index in [-0.39, 0.29) is 11.3 Å². The van der Waals surface area contributed by atoms with E-state index >= 15 is 0 Å². The van der Waals surface area contributed by atoms with Gasteiger partial charge in [0, 0.05) is 5.56 Å². The van der Waals surface area contributed by atoms with Crippen molar-refractivity contribution in [3.63, 3.8) is 0 Å². The Morgan fingerprint density at radius 1 is 1.03 bits per heavy atom. The summed E-state index contributed by atoms with van der Waals surface area (Å²) in [5.74, 6) is -0.944. The number of amides is 1. The molecule has 0 saturated carbocycles. The number of hydrogen-bond acceptors (Lipinski definition) is 6. The number of carbonyl (C=O) groups excluding carboxylic acids is 2. The first kappa shape index (κ1) is 20.9. The van der Waals surface area contributed by atoms with Crippen LogP contribution in [-0.2, 0) is 9.59 Å². The zero-order valence-electron chi connectivity index (χ0n) is 17.8. The molecule has 1 atom stereocenters. The fourth-order valence-electron chi connectivity index (χ4n) is 3.98. The van der Waals surface area contributed by atoms with Crippen molar-refractivity contribution in [1.82, 2.24) is 4.98 Å². The van der Waals surface area contributed by atoms with Crippen molar-refractivity contribution in [3.8, 4) is 5.75 Å². The van der Waals surface area contributed by atoms with E-state index in [1.807, 2.05) is 61.5 Å². The number of ketones is 1. The Bertz CT molecular complexity index is 1380. The highest BCUT2D eigenvalue weighted by atomic mass is 32.1. The number of hydrogen-bond donors (Lipinski definition) is 1. The highest BCUT2D eigenvalue weighted by molar-refractivity contribution is 7.22. The van der Waals surface area contributed by atoms with Gasteiger partial charge in [-0.15, -0.1) is 0 Å². The molecule has 1 amide bonds. The number of aromatic nitrogens is 1. The molecule has 1 aromatic heterocycles. The van der Waals surface area contributed by atoms with E-state index in [0.717, 1.165) is 4.70 Å². The summed E-state index contributed by atoms with van der Waals surface area (Å²) in [6.45, 7) is 2.45. The van der Waals surface area contributed by atoms with Crippen LogP contribution in [-0.4, -0.2) is 28.4 Å². The molecule has 0 radical (unpaired) electrons. The van der Waals surface area contributed by atoms with Crippen molar-refractivity contribution in [3.05, 3.63) is 95.6 Å². The Morgan fingerprint density at radius 3 is 2.42 bits per heavy atom. The number of carbonyl (C=O) groups is 2. The standard InChI is InChI=1S/C26H20N2O4S/c1-2-32-18-13-14-19-20(15-18)33-26(27-19)28-22(16-9-5-3-6-10-16)21(24(30)25(28)31)23(29)17-11-7-4-8-12-17/h3-15,22,29H,2H2,1H3/t22-/m1/s1. The van der Waals surface area contributed by atoms with Crippen molar-refractivity contribution in [2.24, 2.45) is 0 Å². The lowest BCUT2D eigenvalue weighted by Crippen LogP contribution is -2.29. The minimum absolute atomic E-state index is 0.0478. The van der Waals surface area contributed by atoms with Crippen LogP contribution in [0.1, 0.15) is 24.1 Å². The summed E-state index contributed by atoms with van der Waals surface area (Å²) in [4.78, 5) is 32.5. The molecule has 4 aromatic rings. The summed E-state index contributed by atoms with van der Waals surface area (Å²) >= 11 is 1.31. The number of aliphatic hydroxyl groups excluding tert-OH is 1. The van der Waals surface area contributed by atoms with Crippen molar-refractivity contribution < 1.29 is 19.4 Å². The predicted octanol–water partition coefficient (Wildman–Crippen LogP) is 5.32. The number of fused-ring (bicyclic) bond motifs is 1. The number of nitrogens with zero attached hydrogens (tertiary/aromatic N) is 2. The fourth-order valence-corrected chi connectivity index (χ4v) is 5.01. The van der Waals surface area contributed by atoms with Gasteiger partial charge in [0.15, 0.2) is 5.13 Å². The zero-order valence-corrected chi connectivity index (χ0v) is 18.6. The van der Waals surface area contributed by atoms with Crippen LogP contribution in [0.15, 0.2) is 84.4 Å². The lowest BCUT2D eigenvalue weighted by Gasteiger charge is -2.22. The number of ether oxygens (including phenoxy) is 1. The van der Waals surface area contributed by atoms with Crippen LogP contribution in [0.3, 0.4) is 0 Å². The molecule has 7 heteroatoms. The van der Waals surface area contributed by atoms with Gasteiger partial charge in [-0.3, -0.25) is 14.5 Å². The van der Waals surface area contributed by atoms with Crippen LogP contribution >= 0.6 is 11.3 Å². The van der Waals surface area contributed by atoms with Crippen LogP contribution in [0.4, 0.5) is 5.13 Å². The molecule has 1 aliphatic rings. The summed E-state index contributed by atoms with van der Waals surface area (Å²) in [6.07, 6.45) is 0. The maximum absolute atomic E-state index is 13.3. The van der Waals surface area contributed by atoms with Crippen molar-refractivity contribution in [1.29, 1.82) is 0 Å². The maximum Gasteiger partial charge on any atom is 0.301 e. The van der Waals surface area contributed by atoms with Gasteiger partial charge in [-0.05, 0) is 30.7 Å². The Hall–Kier alpha value is -3.97. The van der Waals surface area contributed by atoms with Crippen LogP contribution in [0.2, 0.25) is 0 Å². The molecular weight excluding hydrogens is 436 g/mol. The van der Waals surface area contributed by atoms with Crippen molar-refractivity contribution >= 4 is 44.1 Å². The number of thiazole rings is 1. The normalized spacial score (nSPS) is 17.6. The largest absolute Gasteiger partial charge is 0.507 e. The molecule has 0 spiro atoms. The number of Topliss-reactive ketones (excluding diaryl/α,β-unsaturated/α-hetero) is 1. The van der Waals surface area contributed by atoms with E-state index in [4.69, 9.17) is 4.74 Å². The quantitative estimate of drug-likeness (QED) is 0.250. The van der Waals surface area contributed by atoms with Gasteiger partial charge >= 0.3 is 5.91 Å². The van der Waals surface area contributed by atoms with Gasteiger partial charge in [0.25, 0.3) is 5.78 Å². The Labute approximate surface area is 194 Å². The topological polar surface area (TPSA) is 79.7 Å². The van der Waals surface area contributed by atoms with Crippen LogP contribution in [0, 0.1) is 0 Å². The molecule has 5 rings (SSSR count). The number of benzene rings is 3. The zero-order chi connectivity index (χ0) is 22.9. The second-order valence-electron chi connectivity index (χ2n) is 7.50. The Morgan fingerprint density at radius 2 is 1.73 bits per heavy atom. The molecule has 33 heavy (non-hydrogen) atoms. The summed E-state index contributed by atoms with van der Waals surface area (Å²) in [5, 5.41) is 11.5. The monoisotopic (exact) mass is 456 g/mol. The molecule has 0 unspecified atom stereocenters. The highest BCUT2D eigenvalue weighted by Gasteiger charge is 2.48. The third-order valence-electron chi connectivity index (χ3n) is 5.47. The van der Waals surface area contributed by atoms with Gasteiger partial charge in [0.2, 0.25) is 0 Å². The number of rotatable bonds is 5. The van der Waals surface area contributed by atoms with Crippen LogP contribution in [0.25, 0.3) is 16.0 Å². The van der Waals surface area contributed by atoms with E-state index in [1.54, 1.807) is 24.3 Å². The lowest BCUT2D eigenvalue weighted by atomic mass is 9.95. The predicted molar refractivity (Wildman–Crippen MR) is 128 cm³/mol. The van der Waals surface area contributed by atoms with Gasteiger partial charge in [-0.25, -0.2) is 4.98 Å². The van der Waals surface area contributed by atoms with Gasteiger partial charge in [0.05, 0.1) is 28.4 Å². The van der Waals surface area contributed by atoms with Crippen molar-refractivity contribution in [2.75, 3.05) is 11.5 Å². The minimum Gasteiger partial charge on any atom is -0.507 e. The molecule has 164 valence electrons. The minimum atomic E-state index is -0.793. The van der Waals surface area contributed by atoms with Gasteiger partial charge in [-0.1, -0.05) is 72.0 Å². The smallest absolute Gasteiger partial charge is 0.301 e. The number of anilines is 1. The molecule has 0 aliphatic carbocycles. The molecule has 1 fully saturated rings. The van der Waals surface area contributed by atoms with E-state index in [1.165, 1.54) is 16.2 Å². The SMILES string of the molecule is CCOc1ccc2nc(N3C(=O)C(=O)C(=C(O)c4ccccc4)[C@H]3c3ccccc3)sc2c1. The van der Waals surface area contributed by atoms with Gasteiger partial charge < -0.3 is 9.84 Å². The third kappa shape index (κ3) is 3.66. The highest BCUT2D eigenvalue weighted by Crippen LogP contribution is 2.44. The van der Waals surface area contributed by atoms with Crippen LogP contribution in [0.5, 0.6) is 5.75 Å². The van der Waals surface area contributed by atoms with Gasteiger partial charge in [-0.2, -0.15) is 0 Å². The maximum atomic E-state index is 13.3. The first-order chi connectivity index (χ1) is 16.1. The lowest BCUT2D eigenvalue weighted by molar-refractivity contribution is -0.132. The van der Waals surface area contributed by atoms with E-state index in [2.05, 4.69) is 4.98 Å². The molecular formula is C26H20N2O4S. The molecule has 6 nitrogen and oxygen atoms in total. The van der Waals surface area contributed by atoms with E-state index in [0.29, 0.717) is 34.1 Å². The second-order valence-corrected chi connectivity index (χ2v) is 8.51. The average Bonchev–Trinajstić information content (AvgIpc) is 3.38. The third-order valence-corrected chi connectivity index (χ3v) is 6.49. The summed E-state index contributed by atoms with van der Waals surface area (Å²) in [5.41, 5.74) is 1.94. The van der Waals surface area contributed by atoms with E-state index in [9.17, 15) is 14.7 Å². The molecule has 2 heterocycles. The molecule has 1 aliphatic heterocycles. The molecule has 1 N–H and O–H groups in total. The average molecular weight is 457 g/mol. The van der Waals surface area contributed by atoms with Crippen LogP contribution < -0.4 is 9.64 Å². The fraction of sp³-hybridized carbons (Fsp3) is 0.115. The number of aliphatic hydroxyl groups is 1. The van der Waals surface area contributed by atoms with Gasteiger partial charge in [0.1, 0.15) is 11.5 Å². The Balaban J connectivity index is 1.69. The summed E-state index contributed by atoms with van der Waals surface area (Å²) in [6, 6.07) is 22.7. The first-order valence-electron chi connectivity index (χ1n) is 10.5.